The van der Waals surface area contributed by atoms with E-state index < -0.39 is 0 Å². The third-order valence-electron chi connectivity index (χ3n) is 3.35. The summed E-state index contributed by atoms with van der Waals surface area (Å²) in [6.07, 6.45) is 1.26. The van der Waals surface area contributed by atoms with Crippen LogP contribution in [0.1, 0.15) is 26.9 Å². The number of hydrogen-bond donors (Lipinski definition) is 1. The average Bonchev–Trinajstić information content (AvgIpc) is 2.56. The van der Waals surface area contributed by atoms with Gasteiger partial charge in [-0.1, -0.05) is 12.1 Å². The second kappa shape index (κ2) is 7.20. The van der Waals surface area contributed by atoms with E-state index in [1.54, 1.807) is 0 Å². The van der Waals surface area contributed by atoms with Gasteiger partial charge in [-0.15, -0.1) is 23.5 Å². The smallest absolute Gasteiger partial charge is 0.255 e. The third kappa shape index (κ3) is 3.84. The van der Waals surface area contributed by atoms with Gasteiger partial charge in [0.1, 0.15) is 5.82 Å². The zero-order valence-corrected chi connectivity index (χ0v) is 13.6. The average molecular weight is 333 g/mol. The van der Waals surface area contributed by atoms with Crippen LogP contribution in [0.5, 0.6) is 0 Å². The third-order valence-corrected chi connectivity index (χ3v) is 6.37. The van der Waals surface area contributed by atoms with Gasteiger partial charge < -0.3 is 5.32 Å². The number of nitrogens with one attached hydrogen (secondary N) is 1. The SMILES string of the molecule is O=C(Nc1cccc(C2SCCCS2)c1)c1ccc(F)cc1. The van der Waals surface area contributed by atoms with Crippen LogP contribution in [0.15, 0.2) is 48.5 Å². The summed E-state index contributed by atoms with van der Waals surface area (Å²) in [6, 6.07) is 13.5. The van der Waals surface area contributed by atoms with Gasteiger partial charge in [0.25, 0.3) is 5.91 Å². The van der Waals surface area contributed by atoms with Gasteiger partial charge in [-0.25, -0.2) is 4.39 Å². The number of hydrogen-bond acceptors (Lipinski definition) is 3. The van der Waals surface area contributed by atoms with E-state index in [4.69, 9.17) is 0 Å². The largest absolute Gasteiger partial charge is 0.322 e. The minimum Gasteiger partial charge on any atom is -0.322 e. The van der Waals surface area contributed by atoms with E-state index in [0.717, 1.165) is 5.69 Å². The molecule has 0 spiro atoms. The first-order chi connectivity index (χ1) is 10.7. The molecule has 1 amide bonds. The molecule has 0 radical (unpaired) electrons. The van der Waals surface area contributed by atoms with E-state index in [9.17, 15) is 9.18 Å². The lowest BCUT2D eigenvalue weighted by atomic mass is 10.2. The quantitative estimate of drug-likeness (QED) is 0.862. The first-order valence-corrected chi connectivity index (χ1v) is 9.22. The summed E-state index contributed by atoms with van der Waals surface area (Å²) in [6.45, 7) is 0. The van der Waals surface area contributed by atoms with Crippen molar-refractivity contribution in [3.05, 3.63) is 65.5 Å². The Hall–Kier alpha value is -1.46. The normalized spacial score (nSPS) is 15.5. The van der Waals surface area contributed by atoms with E-state index in [2.05, 4.69) is 11.4 Å². The highest BCUT2D eigenvalue weighted by Crippen LogP contribution is 2.44. The molecule has 0 atom stereocenters. The van der Waals surface area contributed by atoms with Gasteiger partial charge in [0.2, 0.25) is 0 Å². The summed E-state index contributed by atoms with van der Waals surface area (Å²) in [5.41, 5.74) is 2.46. The van der Waals surface area contributed by atoms with Crippen molar-refractivity contribution in [3.63, 3.8) is 0 Å². The summed E-state index contributed by atoms with van der Waals surface area (Å²) in [4.78, 5) is 12.2. The monoisotopic (exact) mass is 333 g/mol. The second-order valence-corrected chi connectivity index (χ2v) is 7.74. The van der Waals surface area contributed by atoms with Crippen LogP contribution in [0, 0.1) is 5.82 Å². The van der Waals surface area contributed by atoms with Crippen molar-refractivity contribution < 1.29 is 9.18 Å². The van der Waals surface area contributed by atoms with Crippen molar-refractivity contribution in [3.8, 4) is 0 Å². The van der Waals surface area contributed by atoms with Crippen LogP contribution in [0.4, 0.5) is 10.1 Å². The molecule has 1 N–H and O–H groups in total. The maximum atomic E-state index is 12.9. The van der Waals surface area contributed by atoms with Crippen LogP contribution in [0.25, 0.3) is 0 Å². The first kappa shape index (κ1) is 15.4. The standard InChI is InChI=1S/C17H16FNOS2/c18-14-7-5-12(6-8-14)16(20)19-15-4-1-3-13(11-15)17-21-9-2-10-22-17/h1,3-8,11,17H,2,9-10H2,(H,19,20). The number of rotatable bonds is 3. The molecule has 1 heterocycles. The van der Waals surface area contributed by atoms with Gasteiger partial charge in [0, 0.05) is 11.3 Å². The van der Waals surface area contributed by atoms with E-state index in [-0.39, 0.29) is 11.7 Å². The van der Waals surface area contributed by atoms with Crippen molar-refractivity contribution in [1.29, 1.82) is 0 Å². The number of thioether (sulfide) groups is 2. The Morgan fingerprint density at radius 2 is 1.82 bits per heavy atom. The fourth-order valence-electron chi connectivity index (χ4n) is 2.25. The van der Waals surface area contributed by atoms with Crippen LogP contribution in [0.3, 0.4) is 0 Å². The van der Waals surface area contributed by atoms with Crippen molar-refractivity contribution in [1.82, 2.24) is 0 Å². The molecular weight excluding hydrogens is 317 g/mol. The number of carbonyl (C=O) groups is 1. The molecule has 1 fully saturated rings. The fraction of sp³-hybridized carbons (Fsp3) is 0.235. The maximum Gasteiger partial charge on any atom is 0.255 e. The highest BCUT2D eigenvalue weighted by molar-refractivity contribution is 8.16. The molecule has 2 aromatic rings. The zero-order chi connectivity index (χ0) is 15.4. The van der Waals surface area contributed by atoms with Gasteiger partial charge in [-0.2, -0.15) is 0 Å². The number of amides is 1. The molecule has 22 heavy (non-hydrogen) atoms. The number of benzene rings is 2. The minimum absolute atomic E-state index is 0.221. The van der Waals surface area contributed by atoms with Gasteiger partial charge in [-0.3, -0.25) is 4.79 Å². The second-order valence-electron chi connectivity index (χ2n) is 5.01. The lowest BCUT2D eigenvalue weighted by Crippen LogP contribution is -2.12. The summed E-state index contributed by atoms with van der Waals surface area (Å²) in [5.74, 6) is 1.80. The van der Waals surface area contributed by atoms with Gasteiger partial charge >= 0.3 is 0 Å². The number of anilines is 1. The highest BCUT2D eigenvalue weighted by Gasteiger charge is 2.17. The fourth-order valence-corrected chi connectivity index (χ4v) is 5.12. The molecule has 1 saturated heterocycles. The molecule has 0 saturated carbocycles. The van der Waals surface area contributed by atoms with Crippen LogP contribution >= 0.6 is 23.5 Å². The van der Waals surface area contributed by atoms with Gasteiger partial charge in [0.15, 0.2) is 0 Å². The Labute approximate surface area is 137 Å². The number of carbonyl (C=O) groups excluding carboxylic acids is 1. The Kier molecular flexibility index (Phi) is 5.05. The minimum atomic E-state index is -0.343. The first-order valence-electron chi connectivity index (χ1n) is 7.12. The van der Waals surface area contributed by atoms with Crippen molar-refractivity contribution in [2.75, 3.05) is 16.8 Å². The molecule has 3 rings (SSSR count). The lowest BCUT2D eigenvalue weighted by Gasteiger charge is -2.21. The Balaban J connectivity index is 1.72. The molecule has 1 aliphatic rings. The van der Waals surface area contributed by atoms with Crippen molar-refractivity contribution in [2.45, 2.75) is 11.0 Å². The van der Waals surface area contributed by atoms with Gasteiger partial charge in [0.05, 0.1) is 4.58 Å². The topological polar surface area (TPSA) is 29.1 Å². The predicted octanol–water partition coefficient (Wildman–Crippen LogP) is 4.95. The molecular formula is C17H16FNOS2. The van der Waals surface area contributed by atoms with Crippen molar-refractivity contribution >= 4 is 35.1 Å². The predicted molar refractivity (Wildman–Crippen MR) is 93.1 cm³/mol. The summed E-state index contributed by atoms with van der Waals surface area (Å²) in [7, 11) is 0. The molecule has 0 unspecified atom stereocenters. The van der Waals surface area contributed by atoms with Crippen LogP contribution < -0.4 is 5.32 Å². The van der Waals surface area contributed by atoms with E-state index in [1.807, 2.05) is 41.7 Å². The molecule has 0 aromatic heterocycles. The summed E-state index contributed by atoms with van der Waals surface area (Å²) >= 11 is 3.90. The van der Waals surface area contributed by atoms with E-state index >= 15 is 0 Å². The summed E-state index contributed by atoms with van der Waals surface area (Å²) in [5, 5.41) is 2.88. The Morgan fingerprint density at radius 3 is 2.55 bits per heavy atom. The number of halogens is 1. The molecule has 5 heteroatoms. The highest BCUT2D eigenvalue weighted by atomic mass is 32.2. The van der Waals surface area contributed by atoms with Crippen LogP contribution in [-0.4, -0.2) is 17.4 Å². The Bertz CT molecular complexity index is 654. The molecule has 2 nitrogen and oxygen atoms in total. The molecule has 2 aromatic carbocycles. The van der Waals surface area contributed by atoms with Crippen LogP contribution in [0.2, 0.25) is 0 Å². The summed E-state index contributed by atoms with van der Waals surface area (Å²) < 4.78 is 13.3. The van der Waals surface area contributed by atoms with Crippen molar-refractivity contribution in [2.24, 2.45) is 0 Å². The maximum absolute atomic E-state index is 12.9. The van der Waals surface area contributed by atoms with E-state index in [1.165, 1.54) is 47.8 Å². The molecule has 0 bridgehead atoms. The molecule has 0 aliphatic carbocycles. The Morgan fingerprint density at radius 1 is 1.09 bits per heavy atom. The molecule has 1 aliphatic heterocycles. The lowest BCUT2D eigenvalue weighted by molar-refractivity contribution is 0.102. The van der Waals surface area contributed by atoms with Crippen LogP contribution in [-0.2, 0) is 0 Å². The molecule has 114 valence electrons. The van der Waals surface area contributed by atoms with Gasteiger partial charge in [-0.05, 0) is 59.9 Å². The van der Waals surface area contributed by atoms with E-state index in [0.29, 0.717) is 10.1 Å². The zero-order valence-electron chi connectivity index (χ0n) is 11.9.